The summed E-state index contributed by atoms with van der Waals surface area (Å²) in [5.41, 5.74) is 1.91. The first-order chi connectivity index (χ1) is 15.4. The number of carbonyl (C=O) groups is 2. The Morgan fingerprint density at radius 1 is 1.06 bits per heavy atom. The van der Waals surface area contributed by atoms with E-state index in [9.17, 15) is 9.59 Å². The van der Waals surface area contributed by atoms with Gasteiger partial charge in [0.1, 0.15) is 5.15 Å². The van der Waals surface area contributed by atoms with Gasteiger partial charge in [-0.15, -0.1) is 11.3 Å². The SMILES string of the molecule is O=C1S/C(=C\c2sc(SCCc3ccccc3)nc2Cl)C(=O)N1Cc1ccc(Cl)cc1Cl. The number of thioether (sulfide) groups is 2. The van der Waals surface area contributed by atoms with Crippen molar-refractivity contribution in [3.63, 3.8) is 0 Å². The van der Waals surface area contributed by atoms with Crippen LogP contribution in [0, 0.1) is 0 Å². The summed E-state index contributed by atoms with van der Waals surface area (Å²) in [6, 6.07) is 15.2. The number of aromatic nitrogens is 1. The highest BCUT2D eigenvalue weighted by atomic mass is 35.5. The van der Waals surface area contributed by atoms with Gasteiger partial charge in [0, 0.05) is 15.8 Å². The Bertz CT molecular complexity index is 1200. The first kappa shape index (κ1) is 23.7. The maximum Gasteiger partial charge on any atom is 0.293 e. The highest BCUT2D eigenvalue weighted by molar-refractivity contribution is 8.18. The van der Waals surface area contributed by atoms with Crippen molar-refractivity contribution in [2.24, 2.45) is 0 Å². The fraction of sp³-hybridized carbons (Fsp3) is 0.136. The minimum absolute atomic E-state index is 0.0784. The van der Waals surface area contributed by atoms with Crippen LogP contribution in [-0.2, 0) is 17.8 Å². The van der Waals surface area contributed by atoms with Crippen LogP contribution in [0.4, 0.5) is 4.79 Å². The highest BCUT2D eigenvalue weighted by Gasteiger charge is 2.35. The summed E-state index contributed by atoms with van der Waals surface area (Å²) in [7, 11) is 0. The fourth-order valence-corrected chi connectivity index (χ4v) is 6.69. The van der Waals surface area contributed by atoms with Crippen molar-refractivity contribution in [2.45, 2.75) is 17.3 Å². The number of halogens is 3. The topological polar surface area (TPSA) is 50.3 Å². The van der Waals surface area contributed by atoms with Gasteiger partial charge in [-0.2, -0.15) is 0 Å². The normalized spacial score (nSPS) is 15.2. The second-order valence-electron chi connectivity index (χ2n) is 6.72. The summed E-state index contributed by atoms with van der Waals surface area (Å²) in [6.07, 6.45) is 2.56. The third-order valence-electron chi connectivity index (χ3n) is 4.53. The van der Waals surface area contributed by atoms with Crippen molar-refractivity contribution in [2.75, 3.05) is 5.75 Å². The van der Waals surface area contributed by atoms with Crippen LogP contribution in [0.5, 0.6) is 0 Å². The van der Waals surface area contributed by atoms with Gasteiger partial charge in [0.25, 0.3) is 11.1 Å². The molecule has 2 heterocycles. The molecule has 4 rings (SSSR count). The monoisotopic (exact) mass is 540 g/mol. The van der Waals surface area contributed by atoms with Crippen molar-refractivity contribution in [1.82, 2.24) is 9.88 Å². The largest absolute Gasteiger partial charge is 0.293 e. The van der Waals surface area contributed by atoms with E-state index in [4.69, 9.17) is 34.8 Å². The van der Waals surface area contributed by atoms with Gasteiger partial charge < -0.3 is 0 Å². The molecular weight excluding hydrogens is 527 g/mol. The zero-order valence-corrected chi connectivity index (χ0v) is 21.1. The molecule has 1 aliphatic heterocycles. The summed E-state index contributed by atoms with van der Waals surface area (Å²) in [4.78, 5) is 31.8. The van der Waals surface area contributed by atoms with Gasteiger partial charge in [-0.05, 0) is 47.5 Å². The Morgan fingerprint density at radius 2 is 1.84 bits per heavy atom. The molecule has 1 fully saturated rings. The van der Waals surface area contributed by atoms with Crippen LogP contribution >= 0.6 is 69.7 Å². The second kappa shape index (κ2) is 10.6. The molecule has 4 nitrogen and oxygen atoms in total. The molecule has 0 spiro atoms. The number of carbonyl (C=O) groups excluding carboxylic acids is 2. The van der Waals surface area contributed by atoms with Crippen LogP contribution in [-0.4, -0.2) is 26.8 Å². The average molecular weight is 542 g/mol. The number of imide groups is 1. The molecule has 10 heteroatoms. The number of thiazole rings is 1. The zero-order valence-electron chi connectivity index (χ0n) is 16.4. The lowest BCUT2D eigenvalue weighted by Gasteiger charge is -2.13. The Labute approximate surface area is 213 Å². The molecule has 2 aromatic carbocycles. The van der Waals surface area contributed by atoms with Crippen molar-refractivity contribution in [1.29, 1.82) is 0 Å². The van der Waals surface area contributed by atoms with Crippen molar-refractivity contribution in [3.05, 3.63) is 84.6 Å². The maximum absolute atomic E-state index is 12.8. The van der Waals surface area contributed by atoms with E-state index in [1.165, 1.54) is 16.9 Å². The predicted octanol–water partition coefficient (Wildman–Crippen LogP) is 7.67. The third-order valence-corrected chi connectivity index (χ3v) is 8.57. The van der Waals surface area contributed by atoms with E-state index in [0.29, 0.717) is 30.5 Å². The molecule has 164 valence electrons. The minimum Gasteiger partial charge on any atom is -0.268 e. The number of nitrogens with zero attached hydrogens (tertiary/aromatic N) is 2. The molecule has 0 saturated carbocycles. The summed E-state index contributed by atoms with van der Waals surface area (Å²) < 4.78 is 0.823. The molecule has 0 N–H and O–H groups in total. The molecule has 0 aliphatic carbocycles. The lowest BCUT2D eigenvalue weighted by molar-refractivity contribution is -0.123. The van der Waals surface area contributed by atoms with Crippen LogP contribution in [0.15, 0.2) is 57.8 Å². The Hall–Kier alpha value is -1.48. The van der Waals surface area contributed by atoms with E-state index >= 15 is 0 Å². The standard InChI is InChI=1S/C22H15Cl3N2O2S3/c23-15-7-6-14(16(24)10-15)12-27-20(28)18(32-22(27)29)11-17-19(25)26-21(31-17)30-9-8-13-4-2-1-3-5-13/h1-7,10-11H,8-9,12H2/b18-11-. The molecule has 0 radical (unpaired) electrons. The van der Waals surface area contributed by atoms with Gasteiger partial charge in [0.2, 0.25) is 0 Å². The average Bonchev–Trinajstić information content (AvgIpc) is 3.24. The van der Waals surface area contributed by atoms with E-state index in [2.05, 4.69) is 17.1 Å². The number of benzene rings is 2. The van der Waals surface area contributed by atoms with Crippen LogP contribution in [0.25, 0.3) is 6.08 Å². The maximum atomic E-state index is 12.8. The molecule has 0 atom stereocenters. The second-order valence-corrected chi connectivity index (χ2v) is 11.3. The van der Waals surface area contributed by atoms with E-state index in [1.807, 2.05) is 18.2 Å². The van der Waals surface area contributed by atoms with Gasteiger partial charge in [-0.1, -0.05) is 83.0 Å². The molecule has 32 heavy (non-hydrogen) atoms. The number of hydrogen-bond acceptors (Lipinski definition) is 6. The summed E-state index contributed by atoms with van der Waals surface area (Å²) in [5, 5.41) is 0.864. The quantitative estimate of drug-likeness (QED) is 0.227. The molecule has 1 saturated heterocycles. The predicted molar refractivity (Wildman–Crippen MR) is 136 cm³/mol. The number of rotatable bonds is 7. The van der Waals surface area contributed by atoms with Gasteiger partial charge in [0.15, 0.2) is 4.34 Å². The smallest absolute Gasteiger partial charge is 0.268 e. The van der Waals surface area contributed by atoms with E-state index in [1.54, 1.807) is 36.0 Å². The molecule has 1 aliphatic rings. The molecular formula is C22H15Cl3N2O2S3. The molecule has 1 aromatic heterocycles. The highest BCUT2D eigenvalue weighted by Crippen LogP contribution is 2.38. The van der Waals surface area contributed by atoms with Gasteiger partial charge in [-0.25, -0.2) is 4.98 Å². The van der Waals surface area contributed by atoms with Crippen molar-refractivity contribution in [3.8, 4) is 0 Å². The lowest BCUT2D eigenvalue weighted by atomic mass is 10.2. The van der Waals surface area contributed by atoms with E-state index in [0.717, 1.165) is 33.2 Å². The number of amides is 2. The fourth-order valence-electron chi connectivity index (χ4n) is 2.92. The van der Waals surface area contributed by atoms with E-state index < -0.39 is 0 Å². The molecule has 0 bridgehead atoms. The lowest BCUT2D eigenvalue weighted by Crippen LogP contribution is -2.27. The van der Waals surface area contributed by atoms with Crippen LogP contribution in [0.3, 0.4) is 0 Å². The zero-order chi connectivity index (χ0) is 22.7. The summed E-state index contributed by atoms with van der Waals surface area (Å²) in [5.74, 6) is 0.486. The molecule has 0 unspecified atom stereocenters. The Balaban J connectivity index is 1.43. The van der Waals surface area contributed by atoms with E-state index in [-0.39, 0.29) is 17.7 Å². The number of aryl methyl sites for hydroxylation is 1. The van der Waals surface area contributed by atoms with Gasteiger partial charge in [-0.3, -0.25) is 14.5 Å². The van der Waals surface area contributed by atoms with Crippen molar-refractivity contribution < 1.29 is 9.59 Å². The molecule has 3 aromatic rings. The van der Waals surface area contributed by atoms with Gasteiger partial charge in [0.05, 0.1) is 16.3 Å². The third kappa shape index (κ3) is 5.71. The summed E-state index contributed by atoms with van der Waals surface area (Å²) in [6.45, 7) is 0.0784. The number of hydrogen-bond donors (Lipinski definition) is 0. The van der Waals surface area contributed by atoms with Crippen LogP contribution < -0.4 is 0 Å². The van der Waals surface area contributed by atoms with Crippen LogP contribution in [0.2, 0.25) is 15.2 Å². The minimum atomic E-state index is -0.381. The summed E-state index contributed by atoms with van der Waals surface area (Å²) >= 11 is 22.3. The van der Waals surface area contributed by atoms with Crippen LogP contribution in [0.1, 0.15) is 16.0 Å². The first-order valence-corrected chi connectivity index (χ1v) is 13.2. The van der Waals surface area contributed by atoms with Gasteiger partial charge >= 0.3 is 0 Å². The first-order valence-electron chi connectivity index (χ1n) is 9.43. The van der Waals surface area contributed by atoms with Crippen molar-refractivity contribution >= 4 is 86.9 Å². The Kier molecular flexibility index (Phi) is 7.87. The molecule has 2 amide bonds. The Morgan fingerprint density at radius 3 is 2.59 bits per heavy atom.